The lowest BCUT2D eigenvalue weighted by molar-refractivity contribution is 0.0219. The lowest BCUT2D eigenvalue weighted by Gasteiger charge is -2.23. The molecule has 0 radical (unpaired) electrons. The molecule has 0 bridgehead atoms. The summed E-state index contributed by atoms with van der Waals surface area (Å²) in [7, 11) is 3.49. The van der Waals surface area contributed by atoms with E-state index in [1.54, 1.807) is 18.8 Å². The van der Waals surface area contributed by atoms with Gasteiger partial charge >= 0.3 is 0 Å². The first-order chi connectivity index (χ1) is 15.7. The predicted molar refractivity (Wildman–Crippen MR) is 120 cm³/mol. The fourth-order valence-corrected chi connectivity index (χ4v) is 5.81. The van der Waals surface area contributed by atoms with Crippen LogP contribution in [-0.4, -0.2) is 35.6 Å². The minimum absolute atomic E-state index is 0.0464. The van der Waals surface area contributed by atoms with E-state index >= 15 is 0 Å². The number of aliphatic hydroxyl groups is 1. The molecule has 11 heteroatoms. The summed E-state index contributed by atoms with van der Waals surface area (Å²) >= 11 is 5.84. The van der Waals surface area contributed by atoms with Crippen LogP contribution in [0.1, 0.15) is 53.5 Å². The zero-order valence-electron chi connectivity index (χ0n) is 18.3. The minimum atomic E-state index is -0.989. The van der Waals surface area contributed by atoms with Gasteiger partial charge in [0.05, 0.1) is 10.7 Å². The van der Waals surface area contributed by atoms with Crippen molar-refractivity contribution in [2.75, 3.05) is 11.1 Å². The van der Waals surface area contributed by atoms with Crippen LogP contribution in [-0.2, 0) is 19.7 Å². The van der Waals surface area contributed by atoms with Crippen molar-refractivity contribution in [1.82, 2.24) is 24.5 Å². The first kappa shape index (κ1) is 21.8. The second-order valence-electron chi connectivity index (χ2n) is 9.19. The van der Waals surface area contributed by atoms with E-state index in [4.69, 9.17) is 17.3 Å². The number of carbonyl (C=O) groups excluding carboxylic acids is 1. The number of nitrogen functional groups attached to an aromatic ring is 1. The number of hydrogen-bond acceptors (Lipinski definition) is 6. The van der Waals surface area contributed by atoms with E-state index in [9.17, 15) is 14.3 Å². The Morgan fingerprint density at radius 2 is 1.97 bits per heavy atom. The monoisotopic (exact) mass is 473 g/mol. The first-order valence-corrected chi connectivity index (χ1v) is 11.2. The van der Waals surface area contributed by atoms with Gasteiger partial charge < -0.3 is 16.2 Å². The van der Waals surface area contributed by atoms with Crippen LogP contribution < -0.4 is 11.1 Å². The van der Waals surface area contributed by atoms with Gasteiger partial charge in [-0.3, -0.25) is 14.2 Å². The molecule has 1 amide bonds. The Bertz CT molecular complexity index is 1230. The molecule has 2 aliphatic rings. The van der Waals surface area contributed by atoms with E-state index in [0.717, 1.165) is 12.8 Å². The van der Waals surface area contributed by atoms with E-state index in [-0.39, 0.29) is 28.6 Å². The van der Waals surface area contributed by atoms with Gasteiger partial charge in [-0.1, -0.05) is 11.6 Å². The van der Waals surface area contributed by atoms with Gasteiger partial charge in [-0.2, -0.15) is 10.2 Å². The molecule has 4 N–H and O–H groups in total. The second kappa shape index (κ2) is 7.81. The summed E-state index contributed by atoms with van der Waals surface area (Å²) in [6, 6.07) is 3.99. The van der Waals surface area contributed by atoms with E-state index < -0.39 is 17.3 Å². The van der Waals surface area contributed by atoms with Crippen LogP contribution in [0.4, 0.5) is 15.9 Å². The second-order valence-corrected chi connectivity index (χ2v) is 9.59. The van der Waals surface area contributed by atoms with E-state index in [2.05, 4.69) is 20.5 Å². The quantitative estimate of drug-likeness (QED) is 0.535. The normalized spacial score (nSPS) is 26.5. The highest BCUT2D eigenvalue weighted by Gasteiger charge is 2.52. The number of fused-ring (bicyclic) bond motifs is 1. The van der Waals surface area contributed by atoms with Crippen molar-refractivity contribution in [3.63, 3.8) is 0 Å². The number of nitrogens with zero attached hydrogens (tertiary/aromatic N) is 5. The molecule has 2 aromatic heterocycles. The number of rotatable bonds is 4. The van der Waals surface area contributed by atoms with Crippen LogP contribution in [0.5, 0.6) is 0 Å². The minimum Gasteiger partial charge on any atom is -0.383 e. The zero-order valence-corrected chi connectivity index (χ0v) is 19.1. The molecule has 2 unspecified atom stereocenters. The van der Waals surface area contributed by atoms with Crippen LogP contribution in [0.25, 0.3) is 0 Å². The molecule has 2 atom stereocenters. The lowest BCUT2D eigenvalue weighted by atomic mass is 9.91. The average molecular weight is 474 g/mol. The standard InChI is InChI=1S/C22H25ClFN7O2/c1-30-19(25)17(20(32)28-14-3-4-16(24)15(23)7-14)18(29-30)11-5-12-8-22(33,9-13(12)6-11)21-26-10-27-31(21)2/h3-4,7,10-13,33H,5-6,8-9,25H2,1-2H3,(H,28,32). The number of nitrogens with one attached hydrogen (secondary N) is 1. The van der Waals surface area contributed by atoms with E-state index in [1.807, 2.05) is 0 Å². The summed E-state index contributed by atoms with van der Waals surface area (Å²) in [5, 5.41) is 22.6. The van der Waals surface area contributed by atoms with Crippen molar-refractivity contribution >= 4 is 29.0 Å². The highest BCUT2D eigenvalue weighted by Crippen LogP contribution is 2.56. The molecular weight excluding hydrogens is 449 g/mol. The fourth-order valence-electron chi connectivity index (χ4n) is 5.63. The van der Waals surface area contributed by atoms with Crippen LogP contribution in [0.2, 0.25) is 5.02 Å². The summed E-state index contributed by atoms with van der Waals surface area (Å²) in [5.41, 5.74) is 6.57. The van der Waals surface area contributed by atoms with Gasteiger partial charge in [-0.25, -0.2) is 9.37 Å². The van der Waals surface area contributed by atoms with Gasteiger partial charge in [-0.15, -0.1) is 0 Å². The molecule has 33 heavy (non-hydrogen) atoms. The third-order valence-electron chi connectivity index (χ3n) is 7.08. The highest BCUT2D eigenvalue weighted by molar-refractivity contribution is 6.31. The molecule has 1 aromatic carbocycles. The number of anilines is 2. The van der Waals surface area contributed by atoms with E-state index in [1.165, 1.54) is 29.2 Å². The fraction of sp³-hybridized carbons (Fsp3) is 0.455. The summed E-state index contributed by atoms with van der Waals surface area (Å²) in [5.74, 6) is 0.501. The van der Waals surface area contributed by atoms with Crippen molar-refractivity contribution in [2.24, 2.45) is 25.9 Å². The van der Waals surface area contributed by atoms with Crippen molar-refractivity contribution in [1.29, 1.82) is 0 Å². The molecule has 0 spiro atoms. The van der Waals surface area contributed by atoms with Crippen molar-refractivity contribution in [2.45, 2.75) is 37.2 Å². The Morgan fingerprint density at radius 3 is 2.58 bits per heavy atom. The predicted octanol–water partition coefficient (Wildman–Crippen LogP) is 2.97. The molecule has 174 valence electrons. The molecular formula is C22H25ClFN7O2. The van der Waals surface area contributed by atoms with E-state index in [0.29, 0.717) is 35.6 Å². The summed E-state index contributed by atoms with van der Waals surface area (Å²) in [4.78, 5) is 17.4. The van der Waals surface area contributed by atoms with Crippen molar-refractivity contribution < 1.29 is 14.3 Å². The highest BCUT2D eigenvalue weighted by atomic mass is 35.5. The van der Waals surface area contributed by atoms with Gasteiger partial charge in [0.15, 0.2) is 5.82 Å². The Labute approximate surface area is 194 Å². The third-order valence-corrected chi connectivity index (χ3v) is 7.37. The summed E-state index contributed by atoms with van der Waals surface area (Å²) < 4.78 is 16.6. The molecule has 0 saturated heterocycles. The molecule has 2 saturated carbocycles. The van der Waals surface area contributed by atoms with Gasteiger partial charge in [-0.05, 0) is 55.7 Å². The van der Waals surface area contributed by atoms with Gasteiger partial charge in [0, 0.05) is 25.7 Å². The summed E-state index contributed by atoms with van der Waals surface area (Å²) in [6.45, 7) is 0. The third kappa shape index (κ3) is 3.67. The Kier molecular flexibility index (Phi) is 5.17. The largest absolute Gasteiger partial charge is 0.383 e. The van der Waals surface area contributed by atoms with Gasteiger partial charge in [0.1, 0.15) is 29.1 Å². The molecule has 2 fully saturated rings. The maximum Gasteiger partial charge on any atom is 0.261 e. The smallest absolute Gasteiger partial charge is 0.261 e. The summed E-state index contributed by atoms with van der Waals surface area (Å²) in [6.07, 6.45) is 4.24. The molecule has 9 nitrogen and oxygen atoms in total. The van der Waals surface area contributed by atoms with Crippen molar-refractivity contribution in [3.8, 4) is 0 Å². The number of aryl methyl sites for hydroxylation is 2. The Hall–Kier alpha value is -2.98. The molecule has 5 rings (SSSR count). The maximum atomic E-state index is 13.5. The number of nitrogens with two attached hydrogens (primary N) is 1. The molecule has 0 aliphatic heterocycles. The van der Waals surface area contributed by atoms with Crippen LogP contribution >= 0.6 is 11.6 Å². The topological polar surface area (TPSA) is 124 Å². The SMILES string of the molecule is Cn1ncnc1C1(O)CC2CC(c3nn(C)c(N)c3C(=O)Nc3ccc(F)c(Cl)c3)CC2C1. The number of amides is 1. The number of halogens is 2. The Balaban J connectivity index is 1.36. The maximum absolute atomic E-state index is 13.5. The van der Waals surface area contributed by atoms with Gasteiger partial charge in [0.2, 0.25) is 0 Å². The number of hydrogen-bond donors (Lipinski definition) is 3. The average Bonchev–Trinajstić information content (AvgIpc) is 3.48. The molecule has 2 aliphatic carbocycles. The van der Waals surface area contributed by atoms with Crippen LogP contribution in [0.15, 0.2) is 24.5 Å². The Morgan fingerprint density at radius 1 is 1.27 bits per heavy atom. The van der Waals surface area contributed by atoms with Gasteiger partial charge in [0.25, 0.3) is 5.91 Å². The zero-order chi connectivity index (χ0) is 23.5. The molecule has 2 heterocycles. The number of carbonyl (C=O) groups is 1. The number of aromatic nitrogens is 5. The lowest BCUT2D eigenvalue weighted by Crippen LogP contribution is -2.27. The van der Waals surface area contributed by atoms with Crippen LogP contribution in [0, 0.1) is 17.7 Å². The van der Waals surface area contributed by atoms with Crippen LogP contribution in [0.3, 0.4) is 0 Å². The molecule has 3 aromatic rings. The first-order valence-electron chi connectivity index (χ1n) is 10.8. The van der Waals surface area contributed by atoms with Crippen molar-refractivity contribution in [3.05, 3.63) is 52.4 Å². The number of benzene rings is 1.